The summed E-state index contributed by atoms with van der Waals surface area (Å²) in [6.07, 6.45) is 6.68. The van der Waals surface area contributed by atoms with Crippen molar-refractivity contribution < 1.29 is 0 Å². The highest BCUT2D eigenvalue weighted by atomic mass is 15.1. The lowest BCUT2D eigenvalue weighted by atomic mass is 9.79. The maximum absolute atomic E-state index is 2.47. The molecule has 0 saturated heterocycles. The van der Waals surface area contributed by atoms with Gasteiger partial charge in [0.15, 0.2) is 0 Å². The molecular formula is C53H51N. The maximum Gasteiger partial charge on any atom is 0.0465 e. The van der Waals surface area contributed by atoms with Gasteiger partial charge in [-0.1, -0.05) is 169 Å². The predicted molar refractivity (Wildman–Crippen MR) is 232 cm³/mol. The molecule has 0 heterocycles. The van der Waals surface area contributed by atoms with Crippen LogP contribution in [0.5, 0.6) is 0 Å². The van der Waals surface area contributed by atoms with E-state index in [-0.39, 0.29) is 10.8 Å². The molecule has 0 spiro atoms. The largest absolute Gasteiger partial charge is 0.310 e. The van der Waals surface area contributed by atoms with Crippen molar-refractivity contribution in [2.24, 2.45) is 0 Å². The number of fused-ring (bicyclic) bond motifs is 4. The molecule has 0 aromatic heterocycles. The quantitative estimate of drug-likeness (QED) is 0.167. The third kappa shape index (κ3) is 5.95. The normalized spacial score (nSPS) is 15.2. The Morgan fingerprint density at radius 1 is 0.519 bits per heavy atom. The van der Waals surface area contributed by atoms with Crippen LogP contribution in [0.1, 0.15) is 94.9 Å². The Labute approximate surface area is 322 Å². The minimum atomic E-state index is -0.105. The zero-order valence-corrected chi connectivity index (χ0v) is 32.5. The minimum absolute atomic E-state index is 0.0565. The van der Waals surface area contributed by atoms with Crippen molar-refractivity contribution in [3.05, 3.63) is 174 Å². The van der Waals surface area contributed by atoms with E-state index < -0.39 is 0 Å². The predicted octanol–water partition coefficient (Wildman–Crippen LogP) is 15.3. The Morgan fingerprint density at radius 2 is 1.17 bits per heavy atom. The van der Waals surface area contributed by atoms with Crippen LogP contribution in [0.25, 0.3) is 44.2 Å². The van der Waals surface area contributed by atoms with E-state index in [1.54, 1.807) is 0 Å². The second kappa shape index (κ2) is 13.5. The molecule has 1 fully saturated rings. The first kappa shape index (κ1) is 34.4. The molecule has 0 atom stereocenters. The zero-order chi connectivity index (χ0) is 37.0. The molecular weight excluding hydrogens is 651 g/mol. The van der Waals surface area contributed by atoms with Gasteiger partial charge in [-0.3, -0.25) is 0 Å². The number of hydrogen-bond donors (Lipinski definition) is 0. The number of anilines is 3. The summed E-state index contributed by atoms with van der Waals surface area (Å²) in [6, 6.07) is 57.1. The van der Waals surface area contributed by atoms with Crippen LogP contribution in [0.4, 0.5) is 17.1 Å². The second-order valence-electron chi connectivity index (χ2n) is 17.2. The minimum Gasteiger partial charge on any atom is -0.310 e. The molecule has 9 rings (SSSR count). The Bertz CT molecular complexity index is 2450. The van der Waals surface area contributed by atoms with Crippen LogP contribution in [0.2, 0.25) is 0 Å². The molecule has 0 unspecified atom stereocenters. The molecule has 1 nitrogen and oxygen atoms in total. The summed E-state index contributed by atoms with van der Waals surface area (Å²) in [4.78, 5) is 2.47. The first-order valence-electron chi connectivity index (χ1n) is 20.0. The van der Waals surface area contributed by atoms with Crippen molar-refractivity contribution in [3.63, 3.8) is 0 Å². The van der Waals surface area contributed by atoms with Gasteiger partial charge in [0.1, 0.15) is 0 Å². The summed E-state index contributed by atoms with van der Waals surface area (Å²) >= 11 is 0. The molecule has 54 heavy (non-hydrogen) atoms. The van der Waals surface area contributed by atoms with Crippen molar-refractivity contribution in [2.75, 3.05) is 4.90 Å². The smallest absolute Gasteiger partial charge is 0.0465 e. The van der Waals surface area contributed by atoms with E-state index in [1.807, 2.05) is 0 Å². The van der Waals surface area contributed by atoms with E-state index in [0.29, 0.717) is 5.92 Å². The van der Waals surface area contributed by atoms with Gasteiger partial charge in [0.25, 0.3) is 0 Å². The summed E-state index contributed by atoms with van der Waals surface area (Å²) in [5, 5.41) is 2.54. The summed E-state index contributed by atoms with van der Waals surface area (Å²) in [6.45, 7) is 11.8. The van der Waals surface area contributed by atoms with Gasteiger partial charge < -0.3 is 4.90 Å². The van der Waals surface area contributed by atoms with Gasteiger partial charge in [0, 0.05) is 22.5 Å². The van der Waals surface area contributed by atoms with Crippen LogP contribution in [0.3, 0.4) is 0 Å². The fourth-order valence-electron chi connectivity index (χ4n) is 9.54. The monoisotopic (exact) mass is 701 g/mol. The third-order valence-electron chi connectivity index (χ3n) is 12.4. The summed E-state index contributed by atoms with van der Waals surface area (Å²) < 4.78 is 0. The molecule has 7 aromatic rings. The molecule has 0 radical (unpaired) electrons. The van der Waals surface area contributed by atoms with E-state index in [4.69, 9.17) is 0 Å². The SMILES string of the molecule is CC(C)(C)c1cccc2c1-c1ccc(N(c3ccc(-c4ccc5ccccc5c4-c4ccccc4)cc3)c3ccc(C4CCCCC4)cc3)cc1C2(C)C. The van der Waals surface area contributed by atoms with Gasteiger partial charge >= 0.3 is 0 Å². The standard InChI is InChI=1S/C53H51N/c1-52(2,3)47-21-14-22-48-51(47)46-34-32-43(35-49(46)53(48,4)5)54(41-28-23-37(24-29-41)36-15-8-6-9-16-36)42-30-25-39(26-31-42)45-33-27-38-17-12-13-20-44(38)50(45)40-18-10-7-11-19-40/h7,10-14,17-36H,6,8-9,15-16H2,1-5H3. The van der Waals surface area contributed by atoms with E-state index >= 15 is 0 Å². The van der Waals surface area contributed by atoms with Crippen molar-refractivity contribution in [1.29, 1.82) is 0 Å². The number of nitrogens with zero attached hydrogens (tertiary/aromatic N) is 1. The fraction of sp³-hybridized carbons (Fsp3) is 0.245. The lowest BCUT2D eigenvalue weighted by Gasteiger charge is -2.29. The number of benzene rings is 7. The van der Waals surface area contributed by atoms with Gasteiger partial charge in [-0.15, -0.1) is 0 Å². The molecule has 2 aliphatic carbocycles. The van der Waals surface area contributed by atoms with Crippen molar-refractivity contribution in [3.8, 4) is 33.4 Å². The summed E-state index contributed by atoms with van der Waals surface area (Å²) in [7, 11) is 0. The molecule has 268 valence electrons. The zero-order valence-electron chi connectivity index (χ0n) is 32.5. The van der Waals surface area contributed by atoms with E-state index in [1.165, 1.54) is 110 Å². The Balaban J connectivity index is 1.17. The fourth-order valence-corrected chi connectivity index (χ4v) is 9.54. The molecule has 1 heteroatoms. The van der Waals surface area contributed by atoms with Gasteiger partial charge in [-0.05, 0) is 127 Å². The second-order valence-corrected chi connectivity index (χ2v) is 17.2. The van der Waals surface area contributed by atoms with Crippen molar-refractivity contribution in [2.45, 2.75) is 83.5 Å². The van der Waals surface area contributed by atoms with Crippen LogP contribution < -0.4 is 4.90 Å². The van der Waals surface area contributed by atoms with Crippen LogP contribution >= 0.6 is 0 Å². The average molecular weight is 702 g/mol. The van der Waals surface area contributed by atoms with Crippen molar-refractivity contribution >= 4 is 27.8 Å². The number of rotatable bonds is 6. The van der Waals surface area contributed by atoms with Crippen LogP contribution in [0, 0.1) is 0 Å². The van der Waals surface area contributed by atoms with Crippen LogP contribution in [-0.2, 0) is 10.8 Å². The van der Waals surface area contributed by atoms with E-state index in [9.17, 15) is 0 Å². The molecule has 1 saturated carbocycles. The highest BCUT2D eigenvalue weighted by Gasteiger charge is 2.39. The molecule has 7 aromatic carbocycles. The van der Waals surface area contributed by atoms with Gasteiger partial charge in [0.2, 0.25) is 0 Å². The maximum atomic E-state index is 2.47. The first-order chi connectivity index (χ1) is 26.2. The Morgan fingerprint density at radius 3 is 1.89 bits per heavy atom. The molecule has 2 aliphatic rings. The average Bonchev–Trinajstić information content (AvgIpc) is 3.44. The van der Waals surface area contributed by atoms with E-state index in [0.717, 1.165) is 5.69 Å². The first-order valence-corrected chi connectivity index (χ1v) is 20.0. The summed E-state index contributed by atoms with van der Waals surface area (Å²) in [5.41, 5.74) is 17.0. The van der Waals surface area contributed by atoms with E-state index in [2.05, 4.69) is 191 Å². The highest BCUT2D eigenvalue weighted by Crippen LogP contribution is 2.53. The Hall–Kier alpha value is -5.40. The van der Waals surface area contributed by atoms with Gasteiger partial charge in [0.05, 0.1) is 0 Å². The lowest BCUT2D eigenvalue weighted by molar-refractivity contribution is 0.443. The molecule has 0 N–H and O–H groups in total. The van der Waals surface area contributed by atoms with Gasteiger partial charge in [-0.25, -0.2) is 0 Å². The van der Waals surface area contributed by atoms with Gasteiger partial charge in [-0.2, -0.15) is 0 Å². The van der Waals surface area contributed by atoms with Crippen LogP contribution in [0.15, 0.2) is 152 Å². The summed E-state index contributed by atoms with van der Waals surface area (Å²) in [5.74, 6) is 0.678. The highest BCUT2D eigenvalue weighted by molar-refractivity contribution is 6.04. The third-order valence-corrected chi connectivity index (χ3v) is 12.4. The Kier molecular flexibility index (Phi) is 8.57. The molecule has 0 bridgehead atoms. The van der Waals surface area contributed by atoms with Crippen molar-refractivity contribution in [1.82, 2.24) is 0 Å². The molecule has 0 amide bonds. The molecule has 0 aliphatic heterocycles. The topological polar surface area (TPSA) is 3.24 Å². The lowest BCUT2D eigenvalue weighted by Crippen LogP contribution is -2.17. The van der Waals surface area contributed by atoms with Crippen LogP contribution in [-0.4, -0.2) is 0 Å². The number of hydrogen-bond acceptors (Lipinski definition) is 1.